The van der Waals surface area contributed by atoms with Crippen LogP contribution in [0.3, 0.4) is 0 Å². The van der Waals surface area contributed by atoms with Crippen LogP contribution in [0.4, 0.5) is 19.0 Å². The minimum Gasteiger partial charge on any atom is -0.381 e. The summed E-state index contributed by atoms with van der Waals surface area (Å²) >= 11 is 1.12. The Morgan fingerprint density at radius 3 is 2.63 bits per heavy atom. The molecule has 2 aromatic rings. The van der Waals surface area contributed by atoms with E-state index in [1.54, 1.807) is 6.07 Å². The number of fused-ring (bicyclic) bond motifs is 2. The number of aliphatic hydroxyl groups is 1. The first-order chi connectivity index (χ1) is 18.3. The molecule has 0 amide bonds. The van der Waals surface area contributed by atoms with Crippen LogP contribution in [0.1, 0.15) is 37.0 Å². The van der Waals surface area contributed by atoms with Crippen LogP contribution < -0.4 is 4.90 Å². The summed E-state index contributed by atoms with van der Waals surface area (Å²) in [5, 5.41) is 11.6. The molecule has 4 aliphatic rings. The highest BCUT2D eigenvalue weighted by molar-refractivity contribution is 7.18. The van der Waals surface area contributed by atoms with Gasteiger partial charge < -0.3 is 19.6 Å². The second-order valence-electron chi connectivity index (χ2n) is 11.8. The second kappa shape index (κ2) is 11.2. The summed E-state index contributed by atoms with van der Waals surface area (Å²) in [7, 11) is 0. The minimum atomic E-state index is -4.22. The average Bonchev–Trinajstić information content (AvgIpc) is 3.51. The third-order valence-corrected chi connectivity index (χ3v) is 10.1. The Morgan fingerprint density at radius 1 is 1.05 bits per heavy atom. The van der Waals surface area contributed by atoms with Gasteiger partial charge in [0.25, 0.3) is 0 Å². The third kappa shape index (κ3) is 5.96. The van der Waals surface area contributed by atoms with E-state index >= 15 is 0 Å². The largest absolute Gasteiger partial charge is 0.393 e. The quantitative estimate of drug-likeness (QED) is 0.580. The fraction of sp³-hybridized carbons (Fsp3) is 0.778. The predicted octanol–water partition coefficient (Wildman–Crippen LogP) is 4.01. The molecule has 1 N–H and O–H groups in total. The standard InChI is InChI=1S/C27H38F3N5O2S/c28-27(29,30)11-22-10-23-24(31-17-32-25(23)38-22)35-14-19-5-6-33(13-21(19)15-35)12-18-3-7-34(8-4-18)26(36)20-2-1-9-37-16-20/h10,17-21,26,36H,1-9,11-16H2/t19-,20?,21+,26?/m1/s1. The van der Waals surface area contributed by atoms with Crippen molar-refractivity contribution in [2.75, 3.05) is 63.9 Å². The fourth-order valence-corrected chi connectivity index (χ4v) is 8.10. The normalized spacial score (nSPS) is 29.2. The number of nitrogens with zero attached hydrogens (tertiary/aromatic N) is 5. The van der Waals surface area contributed by atoms with Gasteiger partial charge in [0.15, 0.2) is 0 Å². The zero-order valence-electron chi connectivity index (χ0n) is 21.8. The van der Waals surface area contributed by atoms with Crippen LogP contribution in [-0.4, -0.2) is 96.3 Å². The SMILES string of the molecule is OC(C1CCCOC1)N1CCC(CN2CC[C@@H]3CN(c4ncnc5sc(CC(F)(F)F)cc45)C[C@@H]3C2)CC1. The van der Waals surface area contributed by atoms with Gasteiger partial charge in [0.1, 0.15) is 23.2 Å². The monoisotopic (exact) mass is 553 g/mol. The number of thiophene rings is 1. The summed E-state index contributed by atoms with van der Waals surface area (Å²) in [5.74, 6) is 2.84. The molecule has 6 heterocycles. The lowest BCUT2D eigenvalue weighted by molar-refractivity contribution is -0.126. The van der Waals surface area contributed by atoms with Crippen molar-refractivity contribution in [2.24, 2.45) is 23.7 Å². The molecule has 0 aliphatic carbocycles. The van der Waals surface area contributed by atoms with E-state index in [1.165, 1.54) is 6.33 Å². The van der Waals surface area contributed by atoms with Crippen molar-refractivity contribution in [3.8, 4) is 0 Å². The first-order valence-electron chi connectivity index (χ1n) is 14.1. The van der Waals surface area contributed by atoms with Gasteiger partial charge >= 0.3 is 6.18 Å². The zero-order valence-corrected chi connectivity index (χ0v) is 22.6. The number of piperidine rings is 2. The van der Waals surface area contributed by atoms with Crippen molar-refractivity contribution in [3.63, 3.8) is 0 Å². The number of halogens is 3. The second-order valence-corrected chi connectivity index (χ2v) is 12.9. The van der Waals surface area contributed by atoms with Crippen molar-refractivity contribution < 1.29 is 23.0 Å². The van der Waals surface area contributed by atoms with Crippen LogP contribution in [0.2, 0.25) is 0 Å². The van der Waals surface area contributed by atoms with E-state index in [1.807, 2.05) is 0 Å². The van der Waals surface area contributed by atoms with Crippen LogP contribution in [0, 0.1) is 23.7 Å². The first kappa shape index (κ1) is 26.7. The summed E-state index contributed by atoms with van der Waals surface area (Å²) in [6.07, 6.45) is 1.47. The van der Waals surface area contributed by atoms with Gasteiger partial charge in [0.2, 0.25) is 0 Å². The van der Waals surface area contributed by atoms with Crippen LogP contribution in [0.15, 0.2) is 12.4 Å². The molecule has 4 fully saturated rings. The molecule has 38 heavy (non-hydrogen) atoms. The maximum Gasteiger partial charge on any atom is 0.393 e. The number of aromatic nitrogens is 2. The van der Waals surface area contributed by atoms with Crippen molar-refractivity contribution >= 4 is 27.4 Å². The molecule has 6 rings (SSSR count). The van der Waals surface area contributed by atoms with E-state index in [-0.39, 0.29) is 12.1 Å². The molecular weight excluding hydrogens is 515 g/mol. The highest BCUT2D eigenvalue weighted by Crippen LogP contribution is 2.39. The van der Waals surface area contributed by atoms with E-state index in [0.717, 1.165) is 107 Å². The van der Waals surface area contributed by atoms with Crippen LogP contribution >= 0.6 is 11.3 Å². The van der Waals surface area contributed by atoms with E-state index in [4.69, 9.17) is 4.74 Å². The number of likely N-dealkylation sites (tertiary alicyclic amines) is 2. The van der Waals surface area contributed by atoms with Crippen LogP contribution in [0.25, 0.3) is 10.2 Å². The maximum absolute atomic E-state index is 12.9. The van der Waals surface area contributed by atoms with Gasteiger partial charge in [-0.05, 0) is 62.5 Å². The third-order valence-electron chi connectivity index (χ3n) is 9.08. The molecule has 2 unspecified atom stereocenters. The van der Waals surface area contributed by atoms with Gasteiger partial charge in [-0.2, -0.15) is 13.2 Å². The lowest BCUT2D eigenvalue weighted by Crippen LogP contribution is -2.49. The van der Waals surface area contributed by atoms with Crippen molar-refractivity contribution in [3.05, 3.63) is 17.3 Å². The Morgan fingerprint density at radius 2 is 1.87 bits per heavy atom. The summed E-state index contributed by atoms with van der Waals surface area (Å²) in [6, 6.07) is 1.64. The first-order valence-corrected chi connectivity index (χ1v) is 14.9. The Hall–Kier alpha value is -1.53. The molecule has 2 aromatic heterocycles. The zero-order chi connectivity index (χ0) is 26.3. The Bertz CT molecular complexity index is 1090. The van der Waals surface area contributed by atoms with Crippen LogP contribution in [0.5, 0.6) is 0 Å². The molecule has 0 bridgehead atoms. The number of rotatable bonds is 6. The molecule has 4 aliphatic heterocycles. The number of anilines is 1. The summed E-state index contributed by atoms with van der Waals surface area (Å²) in [5.41, 5.74) is 0. The van der Waals surface area contributed by atoms with E-state index < -0.39 is 12.6 Å². The van der Waals surface area contributed by atoms with Gasteiger partial charge in [-0.1, -0.05) is 0 Å². The van der Waals surface area contributed by atoms with Gasteiger partial charge in [0.05, 0.1) is 18.4 Å². The minimum absolute atomic E-state index is 0.242. The van der Waals surface area contributed by atoms with Gasteiger partial charge in [-0.3, -0.25) is 4.90 Å². The molecule has 11 heteroatoms. The fourth-order valence-electron chi connectivity index (χ4n) is 7.08. The number of aliphatic hydroxyl groups excluding tert-OH is 1. The maximum atomic E-state index is 12.9. The highest BCUT2D eigenvalue weighted by Gasteiger charge is 2.39. The van der Waals surface area contributed by atoms with Gasteiger partial charge in [-0.25, -0.2) is 9.97 Å². The molecule has 0 saturated carbocycles. The molecule has 0 aromatic carbocycles. The summed E-state index contributed by atoms with van der Waals surface area (Å²) in [4.78, 5) is 16.9. The number of alkyl halides is 3. The van der Waals surface area contributed by atoms with E-state index in [0.29, 0.717) is 34.1 Å². The molecule has 0 spiro atoms. The highest BCUT2D eigenvalue weighted by atomic mass is 32.1. The molecule has 210 valence electrons. The van der Waals surface area contributed by atoms with Crippen molar-refractivity contribution in [2.45, 2.75) is 50.9 Å². The Kier molecular flexibility index (Phi) is 7.83. The number of hydrogen-bond acceptors (Lipinski definition) is 8. The molecule has 4 saturated heterocycles. The number of hydrogen-bond donors (Lipinski definition) is 1. The van der Waals surface area contributed by atoms with Crippen molar-refractivity contribution in [1.82, 2.24) is 19.8 Å². The van der Waals surface area contributed by atoms with Gasteiger partial charge in [0, 0.05) is 56.7 Å². The molecular formula is C27H38F3N5O2S. The van der Waals surface area contributed by atoms with E-state index in [2.05, 4.69) is 24.7 Å². The lowest BCUT2D eigenvalue weighted by atomic mass is 9.87. The number of ether oxygens (including phenoxy) is 1. The lowest BCUT2D eigenvalue weighted by Gasteiger charge is -2.41. The summed E-state index contributed by atoms with van der Waals surface area (Å²) in [6.45, 7) is 8.50. The molecule has 0 radical (unpaired) electrons. The molecule has 4 atom stereocenters. The predicted molar refractivity (Wildman–Crippen MR) is 141 cm³/mol. The average molecular weight is 554 g/mol. The summed E-state index contributed by atoms with van der Waals surface area (Å²) < 4.78 is 44.4. The van der Waals surface area contributed by atoms with Crippen LogP contribution in [-0.2, 0) is 11.2 Å². The van der Waals surface area contributed by atoms with Crippen molar-refractivity contribution in [1.29, 1.82) is 0 Å². The van der Waals surface area contributed by atoms with E-state index in [9.17, 15) is 18.3 Å². The molecule has 7 nitrogen and oxygen atoms in total. The topological polar surface area (TPSA) is 65.0 Å². The Balaban J connectivity index is 1.02. The van der Waals surface area contributed by atoms with Gasteiger partial charge in [-0.15, -0.1) is 11.3 Å². The Labute approximate surface area is 226 Å². The smallest absolute Gasteiger partial charge is 0.381 e.